The lowest BCUT2D eigenvalue weighted by Crippen LogP contribution is -2.02. The number of halogens is 1. The van der Waals surface area contributed by atoms with Crippen LogP contribution in [0.2, 0.25) is 0 Å². The number of nitrogens with zero attached hydrogens (tertiary/aromatic N) is 4. The van der Waals surface area contributed by atoms with Gasteiger partial charge in [-0.2, -0.15) is 0 Å². The number of nitrogen functional groups attached to an aromatic ring is 1. The molecule has 158 valence electrons. The van der Waals surface area contributed by atoms with Gasteiger partial charge in [0, 0.05) is 28.1 Å². The standard InChI is InChI=1S/C23H16ClN5O2S/c24-32(30,31)17-10-8-16(9-11-17)29-22(18-7-4-14-26-21(18)25)28-20-13-12-19(27-23(20)29)15-5-2-1-3-6-15/h1-14H,(H2,25,26). The van der Waals surface area contributed by atoms with E-state index >= 15 is 0 Å². The van der Waals surface area contributed by atoms with E-state index in [1.165, 1.54) is 12.1 Å². The fraction of sp³-hybridized carbons (Fsp3) is 0. The average Bonchev–Trinajstić information content (AvgIpc) is 3.18. The summed E-state index contributed by atoms with van der Waals surface area (Å²) in [6.07, 6.45) is 1.61. The molecule has 0 atom stereocenters. The van der Waals surface area contributed by atoms with Gasteiger partial charge >= 0.3 is 0 Å². The summed E-state index contributed by atoms with van der Waals surface area (Å²) in [5.74, 6) is 0.872. The van der Waals surface area contributed by atoms with E-state index in [2.05, 4.69) is 4.98 Å². The molecule has 0 aliphatic rings. The molecule has 0 bridgehead atoms. The summed E-state index contributed by atoms with van der Waals surface area (Å²) in [6.45, 7) is 0. The first-order valence-electron chi connectivity index (χ1n) is 9.63. The number of fused-ring (bicyclic) bond motifs is 1. The van der Waals surface area contributed by atoms with E-state index in [0.717, 1.165) is 11.3 Å². The molecule has 0 aliphatic heterocycles. The number of rotatable bonds is 4. The minimum atomic E-state index is -3.84. The first kappa shape index (κ1) is 20.2. The Hall–Kier alpha value is -3.75. The zero-order chi connectivity index (χ0) is 22.3. The third-order valence-corrected chi connectivity index (χ3v) is 6.40. The predicted octanol–water partition coefficient (Wildman–Crippen LogP) is 4.66. The van der Waals surface area contributed by atoms with Gasteiger partial charge in [0.1, 0.15) is 11.3 Å². The normalized spacial score (nSPS) is 11.7. The molecule has 0 fully saturated rings. The summed E-state index contributed by atoms with van der Waals surface area (Å²) >= 11 is 0. The Morgan fingerprint density at radius 3 is 2.28 bits per heavy atom. The first-order chi connectivity index (χ1) is 15.4. The summed E-state index contributed by atoms with van der Waals surface area (Å²) in [4.78, 5) is 13.8. The molecule has 0 amide bonds. The second kappa shape index (κ2) is 7.74. The highest BCUT2D eigenvalue weighted by molar-refractivity contribution is 8.13. The average molecular weight is 462 g/mol. The van der Waals surface area contributed by atoms with Crippen molar-refractivity contribution in [2.24, 2.45) is 0 Å². The molecule has 2 N–H and O–H groups in total. The molecule has 2 aromatic carbocycles. The van der Waals surface area contributed by atoms with Gasteiger partial charge in [0.2, 0.25) is 0 Å². The van der Waals surface area contributed by atoms with E-state index in [0.29, 0.717) is 34.1 Å². The second-order valence-electron chi connectivity index (χ2n) is 7.04. The van der Waals surface area contributed by atoms with E-state index in [-0.39, 0.29) is 4.90 Å². The number of aromatic nitrogens is 4. The molecule has 3 heterocycles. The van der Waals surface area contributed by atoms with Gasteiger partial charge in [-0.3, -0.25) is 4.57 Å². The SMILES string of the molecule is Nc1ncccc1-c1nc2ccc(-c3ccccc3)nc2n1-c1ccc(S(=O)(=O)Cl)cc1. The van der Waals surface area contributed by atoms with Crippen molar-refractivity contribution in [3.63, 3.8) is 0 Å². The van der Waals surface area contributed by atoms with Crippen LogP contribution in [0.3, 0.4) is 0 Å². The van der Waals surface area contributed by atoms with Gasteiger partial charge in [-0.05, 0) is 48.5 Å². The van der Waals surface area contributed by atoms with E-state index in [4.69, 9.17) is 26.4 Å². The Bertz CT molecular complexity index is 1550. The van der Waals surface area contributed by atoms with Gasteiger partial charge in [-0.15, -0.1) is 0 Å². The van der Waals surface area contributed by atoms with Crippen molar-refractivity contribution in [3.8, 4) is 28.3 Å². The molecule has 9 heteroatoms. The lowest BCUT2D eigenvalue weighted by atomic mass is 10.1. The van der Waals surface area contributed by atoms with Crippen LogP contribution in [-0.2, 0) is 9.05 Å². The first-order valence-corrected chi connectivity index (χ1v) is 11.9. The summed E-state index contributed by atoms with van der Waals surface area (Å²) in [6, 6.07) is 23.4. The van der Waals surface area contributed by atoms with Crippen LogP contribution in [0.4, 0.5) is 5.82 Å². The van der Waals surface area contributed by atoms with Crippen LogP contribution < -0.4 is 5.73 Å². The number of hydrogen-bond donors (Lipinski definition) is 1. The molecule has 7 nitrogen and oxygen atoms in total. The minimum absolute atomic E-state index is 0.00714. The highest BCUT2D eigenvalue weighted by Gasteiger charge is 2.19. The van der Waals surface area contributed by atoms with Gasteiger partial charge in [0.15, 0.2) is 11.5 Å². The zero-order valence-corrected chi connectivity index (χ0v) is 18.1. The van der Waals surface area contributed by atoms with E-state index in [9.17, 15) is 8.42 Å². The van der Waals surface area contributed by atoms with Crippen molar-refractivity contribution in [2.45, 2.75) is 4.90 Å². The van der Waals surface area contributed by atoms with Crippen molar-refractivity contribution in [1.29, 1.82) is 0 Å². The number of hydrogen-bond acceptors (Lipinski definition) is 6. The van der Waals surface area contributed by atoms with Crippen LogP contribution in [0, 0.1) is 0 Å². The van der Waals surface area contributed by atoms with Crippen LogP contribution in [0.5, 0.6) is 0 Å². The summed E-state index contributed by atoms with van der Waals surface area (Å²) in [5, 5.41) is 0. The van der Waals surface area contributed by atoms with Crippen LogP contribution in [0.15, 0.2) is 90.0 Å². The fourth-order valence-corrected chi connectivity index (χ4v) is 4.29. The fourth-order valence-electron chi connectivity index (χ4n) is 3.52. The highest BCUT2D eigenvalue weighted by Crippen LogP contribution is 2.32. The van der Waals surface area contributed by atoms with Crippen molar-refractivity contribution >= 4 is 36.7 Å². The third-order valence-electron chi connectivity index (χ3n) is 5.03. The molecule has 32 heavy (non-hydrogen) atoms. The van der Waals surface area contributed by atoms with Crippen molar-refractivity contribution < 1.29 is 8.42 Å². The molecule has 0 saturated carbocycles. The van der Waals surface area contributed by atoms with Crippen LogP contribution in [-0.4, -0.2) is 27.9 Å². The number of benzene rings is 2. The molecule has 0 aliphatic carbocycles. The van der Waals surface area contributed by atoms with E-state index in [1.807, 2.05) is 53.1 Å². The van der Waals surface area contributed by atoms with Gasteiger partial charge in [0.25, 0.3) is 9.05 Å². The number of anilines is 1. The molecule has 0 unspecified atom stereocenters. The predicted molar refractivity (Wildman–Crippen MR) is 125 cm³/mol. The Morgan fingerprint density at radius 1 is 0.844 bits per heavy atom. The quantitative estimate of drug-likeness (QED) is 0.390. The van der Waals surface area contributed by atoms with Crippen LogP contribution >= 0.6 is 10.7 Å². The lowest BCUT2D eigenvalue weighted by Gasteiger charge is -2.11. The van der Waals surface area contributed by atoms with Crippen LogP contribution in [0.1, 0.15) is 0 Å². The van der Waals surface area contributed by atoms with E-state index < -0.39 is 9.05 Å². The van der Waals surface area contributed by atoms with Gasteiger partial charge in [0.05, 0.1) is 16.2 Å². The lowest BCUT2D eigenvalue weighted by molar-refractivity contribution is 0.609. The number of imidazole rings is 1. The molecule has 0 radical (unpaired) electrons. The molecular formula is C23H16ClN5O2S. The zero-order valence-electron chi connectivity index (χ0n) is 16.6. The largest absolute Gasteiger partial charge is 0.383 e. The Balaban J connectivity index is 1.79. The van der Waals surface area contributed by atoms with Gasteiger partial charge < -0.3 is 5.73 Å². The molecule has 3 aromatic heterocycles. The number of nitrogens with two attached hydrogens (primary N) is 1. The summed E-state index contributed by atoms with van der Waals surface area (Å²) in [7, 11) is 1.64. The maximum Gasteiger partial charge on any atom is 0.261 e. The Kier molecular flexibility index (Phi) is 4.88. The second-order valence-corrected chi connectivity index (χ2v) is 9.61. The van der Waals surface area contributed by atoms with Gasteiger partial charge in [-0.1, -0.05) is 30.3 Å². The van der Waals surface area contributed by atoms with E-state index in [1.54, 1.807) is 24.4 Å². The van der Waals surface area contributed by atoms with Crippen molar-refractivity contribution in [2.75, 3.05) is 5.73 Å². The maximum absolute atomic E-state index is 11.7. The van der Waals surface area contributed by atoms with Crippen LogP contribution in [0.25, 0.3) is 39.5 Å². The molecule has 0 spiro atoms. The molecular weight excluding hydrogens is 446 g/mol. The number of pyridine rings is 2. The maximum atomic E-state index is 11.7. The van der Waals surface area contributed by atoms with Crippen molar-refractivity contribution in [3.05, 3.63) is 85.1 Å². The van der Waals surface area contributed by atoms with Gasteiger partial charge in [-0.25, -0.2) is 23.4 Å². The molecule has 5 aromatic rings. The summed E-state index contributed by atoms with van der Waals surface area (Å²) in [5.41, 5.74) is 10.5. The smallest absolute Gasteiger partial charge is 0.261 e. The Morgan fingerprint density at radius 2 is 1.59 bits per heavy atom. The topological polar surface area (TPSA) is 104 Å². The highest BCUT2D eigenvalue weighted by atomic mass is 35.7. The van der Waals surface area contributed by atoms with Crippen molar-refractivity contribution in [1.82, 2.24) is 19.5 Å². The third kappa shape index (κ3) is 3.59. The monoisotopic (exact) mass is 461 g/mol. The minimum Gasteiger partial charge on any atom is -0.383 e. The Labute approximate surface area is 188 Å². The summed E-state index contributed by atoms with van der Waals surface area (Å²) < 4.78 is 25.2. The molecule has 5 rings (SSSR count). The molecule has 0 saturated heterocycles.